The molecule has 0 aliphatic carbocycles. The molecule has 0 spiro atoms. The normalized spacial score (nSPS) is 15.4. The number of aryl methyl sites for hydroxylation is 3. The Labute approximate surface area is 240 Å². The number of piperidine rings is 1. The molecule has 222 valence electrons. The Morgan fingerprint density at radius 3 is 2.24 bits per heavy atom. The zero-order valence-electron chi connectivity index (χ0n) is 24.5. The molecular weight excluding hydrogens is 547 g/mol. The number of benzene rings is 2. The summed E-state index contributed by atoms with van der Waals surface area (Å²) in [7, 11) is 5.07. The molecule has 5 aromatic rings. The van der Waals surface area contributed by atoms with Crippen molar-refractivity contribution in [1.82, 2.24) is 28.5 Å². The zero-order chi connectivity index (χ0) is 30.3. The third-order valence-corrected chi connectivity index (χ3v) is 8.17. The monoisotopic (exact) mass is 581 g/mol. The van der Waals surface area contributed by atoms with Crippen LogP contribution in [0.15, 0.2) is 41.5 Å². The van der Waals surface area contributed by atoms with Crippen LogP contribution >= 0.6 is 0 Å². The summed E-state index contributed by atoms with van der Waals surface area (Å²) in [5.41, 5.74) is 2.41. The lowest BCUT2D eigenvalue weighted by Crippen LogP contribution is -2.36. The van der Waals surface area contributed by atoms with Crippen LogP contribution in [0.1, 0.15) is 45.0 Å². The second-order valence-electron chi connectivity index (χ2n) is 12.3. The topological polar surface area (TPSA) is 86.0 Å². The lowest BCUT2D eigenvalue weighted by atomic mass is 9.95. The van der Waals surface area contributed by atoms with Gasteiger partial charge in [-0.3, -0.25) is 18.4 Å². The maximum Gasteiger partial charge on any atom is 0.417 e. The fraction of sp³-hybridized carbons (Fsp3) is 0.433. The molecule has 1 aliphatic heterocycles. The first kappa shape index (κ1) is 28.1. The van der Waals surface area contributed by atoms with Crippen LogP contribution in [0.5, 0.6) is 0 Å². The van der Waals surface area contributed by atoms with Crippen molar-refractivity contribution >= 4 is 27.8 Å². The van der Waals surface area contributed by atoms with Gasteiger partial charge in [-0.15, -0.1) is 0 Å². The van der Waals surface area contributed by atoms with Gasteiger partial charge in [-0.25, -0.2) is 9.78 Å². The molecule has 4 heterocycles. The second-order valence-corrected chi connectivity index (χ2v) is 12.3. The Morgan fingerprint density at radius 1 is 0.952 bits per heavy atom. The number of aliphatic hydroxyl groups is 1. The number of hydrogen-bond acceptors (Lipinski definition) is 5. The van der Waals surface area contributed by atoms with Crippen molar-refractivity contribution in [1.29, 1.82) is 0 Å². The second kappa shape index (κ2) is 9.48. The number of aliphatic hydroxyl groups excluding tert-OH is 1. The van der Waals surface area contributed by atoms with E-state index in [0.29, 0.717) is 59.6 Å². The van der Waals surface area contributed by atoms with Crippen LogP contribution in [-0.4, -0.2) is 52.8 Å². The molecule has 1 N–H and O–H groups in total. The summed E-state index contributed by atoms with van der Waals surface area (Å²) in [6, 6.07) is 6.44. The van der Waals surface area contributed by atoms with Crippen molar-refractivity contribution in [3.8, 4) is 16.8 Å². The third kappa shape index (κ3) is 4.48. The summed E-state index contributed by atoms with van der Waals surface area (Å²) in [4.78, 5) is 20.1. The Hall–Kier alpha value is -4.06. The predicted molar refractivity (Wildman–Crippen MR) is 156 cm³/mol. The molecule has 0 radical (unpaired) electrons. The smallest absolute Gasteiger partial charge is 0.393 e. The molecular formula is C30H34F3N7O2. The first-order chi connectivity index (χ1) is 19.6. The number of imidazole rings is 2. The lowest BCUT2D eigenvalue weighted by Gasteiger charge is -2.32. The van der Waals surface area contributed by atoms with Gasteiger partial charge in [0.25, 0.3) is 0 Å². The highest BCUT2D eigenvalue weighted by Crippen LogP contribution is 2.42. The average Bonchev–Trinajstić information content (AvgIpc) is 3.58. The molecule has 3 aromatic heterocycles. The Bertz CT molecular complexity index is 1890. The summed E-state index contributed by atoms with van der Waals surface area (Å²) in [6.45, 7) is 7.10. The van der Waals surface area contributed by atoms with Crippen LogP contribution in [0, 0.1) is 0 Å². The molecule has 6 rings (SSSR count). The van der Waals surface area contributed by atoms with E-state index in [4.69, 9.17) is 4.98 Å². The molecule has 0 bridgehead atoms. The molecule has 1 fully saturated rings. The quantitative estimate of drug-likeness (QED) is 0.328. The third-order valence-electron chi connectivity index (χ3n) is 8.17. The number of halogens is 3. The van der Waals surface area contributed by atoms with Gasteiger partial charge in [0.05, 0.1) is 51.3 Å². The lowest BCUT2D eigenvalue weighted by molar-refractivity contribution is -0.137. The van der Waals surface area contributed by atoms with Crippen molar-refractivity contribution in [3.63, 3.8) is 0 Å². The molecule has 42 heavy (non-hydrogen) atoms. The van der Waals surface area contributed by atoms with Gasteiger partial charge in [-0.05, 0) is 42.7 Å². The van der Waals surface area contributed by atoms with Crippen LogP contribution in [0.2, 0.25) is 0 Å². The van der Waals surface area contributed by atoms with Crippen LogP contribution in [0.25, 0.3) is 38.9 Å². The molecule has 0 amide bonds. The Kier molecular flexibility index (Phi) is 6.34. The van der Waals surface area contributed by atoms with E-state index in [1.165, 1.54) is 23.0 Å². The van der Waals surface area contributed by atoms with Crippen LogP contribution < -0.4 is 10.6 Å². The number of anilines is 1. The SMILES string of the molecule is Cn1cc(-c2cc3nc(C(C)(C)C)n(-c4cc(N5CCC(O)CC5)c5c(c4)n(C)c(=O)n5C)c3cc2C(F)(F)F)cn1. The van der Waals surface area contributed by atoms with E-state index in [0.717, 1.165) is 11.2 Å². The number of nitrogens with zero attached hydrogens (tertiary/aromatic N) is 7. The van der Waals surface area contributed by atoms with Gasteiger partial charge in [0.2, 0.25) is 0 Å². The van der Waals surface area contributed by atoms with Gasteiger partial charge in [-0.1, -0.05) is 20.8 Å². The average molecular weight is 582 g/mol. The van der Waals surface area contributed by atoms with E-state index in [-0.39, 0.29) is 17.4 Å². The Balaban J connectivity index is 1.69. The van der Waals surface area contributed by atoms with E-state index in [1.807, 2.05) is 32.9 Å². The van der Waals surface area contributed by atoms with E-state index in [9.17, 15) is 23.1 Å². The predicted octanol–water partition coefficient (Wildman–Crippen LogP) is 4.89. The fourth-order valence-corrected chi connectivity index (χ4v) is 6.01. The minimum Gasteiger partial charge on any atom is -0.393 e. The van der Waals surface area contributed by atoms with Crippen LogP contribution in [0.3, 0.4) is 0 Å². The molecule has 0 unspecified atom stereocenters. The summed E-state index contributed by atoms with van der Waals surface area (Å²) in [5.74, 6) is 0.592. The van der Waals surface area contributed by atoms with Crippen molar-refractivity contribution in [2.75, 3.05) is 18.0 Å². The van der Waals surface area contributed by atoms with Gasteiger partial charge >= 0.3 is 11.9 Å². The van der Waals surface area contributed by atoms with Crippen molar-refractivity contribution in [3.05, 3.63) is 58.5 Å². The molecule has 1 saturated heterocycles. The molecule has 12 heteroatoms. The van der Waals surface area contributed by atoms with Gasteiger partial charge in [0, 0.05) is 51.4 Å². The molecule has 0 saturated carbocycles. The maximum atomic E-state index is 14.6. The first-order valence-electron chi connectivity index (χ1n) is 13.9. The number of aromatic nitrogens is 6. The standard InChI is InChI=1S/C30H34F3N7O2/c1-29(2,3)27-35-22-13-20(17-15-34-36(4)16-17)21(30(31,32)33)14-23(22)40(27)18-11-24-26(38(6)28(42)37(24)5)25(12-18)39-9-7-19(41)8-10-39/h11-16,19,41H,7-10H2,1-6H3. The van der Waals surface area contributed by atoms with Gasteiger partial charge in [-0.2, -0.15) is 18.3 Å². The minimum atomic E-state index is -4.62. The molecule has 9 nitrogen and oxygen atoms in total. The summed E-state index contributed by atoms with van der Waals surface area (Å²) < 4.78 is 50.1. The van der Waals surface area contributed by atoms with Gasteiger partial charge in [0.1, 0.15) is 5.82 Å². The van der Waals surface area contributed by atoms with Crippen molar-refractivity contribution < 1.29 is 18.3 Å². The van der Waals surface area contributed by atoms with Gasteiger partial charge < -0.3 is 10.0 Å². The van der Waals surface area contributed by atoms with Gasteiger partial charge in [0.15, 0.2) is 0 Å². The fourth-order valence-electron chi connectivity index (χ4n) is 6.01. The minimum absolute atomic E-state index is 0.0154. The van der Waals surface area contributed by atoms with E-state index >= 15 is 0 Å². The molecule has 2 aromatic carbocycles. The summed E-state index contributed by atoms with van der Waals surface area (Å²) >= 11 is 0. The van der Waals surface area contributed by atoms with Crippen LogP contribution in [-0.2, 0) is 32.7 Å². The van der Waals surface area contributed by atoms with Crippen molar-refractivity contribution in [2.45, 2.75) is 51.3 Å². The van der Waals surface area contributed by atoms with Crippen molar-refractivity contribution in [2.24, 2.45) is 21.1 Å². The largest absolute Gasteiger partial charge is 0.417 e. The number of alkyl halides is 3. The summed E-state index contributed by atoms with van der Waals surface area (Å²) in [6.07, 6.45) is -0.865. The number of fused-ring (bicyclic) bond motifs is 2. The van der Waals surface area contributed by atoms with E-state index < -0.39 is 17.2 Å². The number of rotatable bonds is 3. The highest BCUT2D eigenvalue weighted by molar-refractivity contribution is 5.93. The molecule has 1 aliphatic rings. The first-order valence-corrected chi connectivity index (χ1v) is 13.9. The van der Waals surface area contributed by atoms with E-state index in [1.54, 1.807) is 41.0 Å². The number of hydrogen-bond donors (Lipinski definition) is 1. The highest BCUT2D eigenvalue weighted by Gasteiger charge is 2.36. The highest BCUT2D eigenvalue weighted by atomic mass is 19.4. The Morgan fingerprint density at radius 2 is 1.64 bits per heavy atom. The van der Waals surface area contributed by atoms with Crippen LogP contribution in [0.4, 0.5) is 18.9 Å². The maximum absolute atomic E-state index is 14.6. The summed E-state index contributed by atoms with van der Waals surface area (Å²) in [5, 5.41) is 14.2. The zero-order valence-corrected chi connectivity index (χ0v) is 24.5. The molecule has 0 atom stereocenters. The van der Waals surface area contributed by atoms with E-state index in [2.05, 4.69) is 10.00 Å².